The highest BCUT2D eigenvalue weighted by molar-refractivity contribution is 5.97. The van der Waals surface area contributed by atoms with E-state index in [0.29, 0.717) is 6.54 Å². The molecular weight excluding hydrogens is 236 g/mol. The molecule has 0 aliphatic rings. The average molecular weight is 262 g/mol. The van der Waals surface area contributed by atoms with Crippen molar-refractivity contribution in [2.75, 3.05) is 40.3 Å². The van der Waals surface area contributed by atoms with E-state index in [1.54, 1.807) is 0 Å². The number of nitrogens with zero attached hydrogens (tertiary/aromatic N) is 2. The highest BCUT2D eigenvalue weighted by Crippen LogP contribution is 2.06. The van der Waals surface area contributed by atoms with Gasteiger partial charge in [-0.2, -0.15) is 0 Å². The monoisotopic (exact) mass is 262 g/mol. The number of ketones is 1. The minimum Gasteiger partial charge on any atom is -0.308 e. The molecule has 0 aliphatic heterocycles. The third-order valence-electron chi connectivity index (χ3n) is 3.11. The second-order valence-corrected chi connectivity index (χ2v) is 5.37. The summed E-state index contributed by atoms with van der Waals surface area (Å²) in [5, 5.41) is 0. The molecule has 0 amide bonds. The molecule has 1 aromatic carbocycles. The molecule has 0 aliphatic carbocycles. The fraction of sp³-hybridized carbons (Fsp3) is 0.562. The van der Waals surface area contributed by atoms with Gasteiger partial charge in [-0.05, 0) is 40.1 Å². The van der Waals surface area contributed by atoms with Gasteiger partial charge < -0.3 is 4.90 Å². The minimum absolute atomic E-state index is 0.218. The number of benzene rings is 1. The lowest BCUT2D eigenvalue weighted by Crippen LogP contribution is -2.36. The molecule has 3 heteroatoms. The maximum Gasteiger partial charge on any atom is 0.176 e. The fourth-order valence-electron chi connectivity index (χ4n) is 2.04. The third-order valence-corrected chi connectivity index (χ3v) is 3.11. The van der Waals surface area contributed by atoms with Gasteiger partial charge in [-0.3, -0.25) is 9.69 Å². The van der Waals surface area contributed by atoms with Gasteiger partial charge in [-0.1, -0.05) is 30.7 Å². The Hall–Kier alpha value is -1.19. The van der Waals surface area contributed by atoms with Crippen molar-refractivity contribution in [3.05, 3.63) is 35.4 Å². The van der Waals surface area contributed by atoms with Crippen molar-refractivity contribution in [3.8, 4) is 0 Å². The van der Waals surface area contributed by atoms with Crippen LogP contribution in [0.1, 0.15) is 29.3 Å². The van der Waals surface area contributed by atoms with Crippen molar-refractivity contribution in [2.45, 2.75) is 20.3 Å². The molecule has 1 aromatic rings. The predicted molar refractivity (Wildman–Crippen MR) is 80.8 cm³/mol. The normalized spacial score (nSPS) is 11.3. The first-order chi connectivity index (χ1) is 9.02. The van der Waals surface area contributed by atoms with Gasteiger partial charge in [0.05, 0.1) is 6.54 Å². The molecule has 0 aromatic heterocycles. The Morgan fingerprint density at radius 3 is 2.47 bits per heavy atom. The number of carbonyl (C=O) groups excluding carboxylic acids is 1. The SMILES string of the molecule is CCCN(CCN(C)C)CC(=O)c1cccc(C)c1. The van der Waals surface area contributed by atoms with Gasteiger partial charge in [0.15, 0.2) is 5.78 Å². The summed E-state index contributed by atoms with van der Waals surface area (Å²) in [4.78, 5) is 16.7. The van der Waals surface area contributed by atoms with Crippen LogP contribution < -0.4 is 0 Å². The lowest BCUT2D eigenvalue weighted by Gasteiger charge is -2.22. The Kier molecular flexibility index (Phi) is 6.74. The molecule has 3 nitrogen and oxygen atoms in total. The molecule has 19 heavy (non-hydrogen) atoms. The summed E-state index contributed by atoms with van der Waals surface area (Å²) >= 11 is 0. The van der Waals surface area contributed by atoms with Crippen molar-refractivity contribution in [1.29, 1.82) is 0 Å². The van der Waals surface area contributed by atoms with Crippen molar-refractivity contribution in [2.24, 2.45) is 0 Å². The van der Waals surface area contributed by atoms with Crippen LogP contribution in [0.4, 0.5) is 0 Å². The molecule has 0 radical (unpaired) electrons. The maximum atomic E-state index is 12.3. The number of rotatable bonds is 8. The number of aryl methyl sites for hydroxylation is 1. The van der Waals surface area contributed by atoms with Gasteiger partial charge in [0.1, 0.15) is 0 Å². The number of carbonyl (C=O) groups is 1. The fourth-order valence-corrected chi connectivity index (χ4v) is 2.04. The highest BCUT2D eigenvalue weighted by atomic mass is 16.1. The second-order valence-electron chi connectivity index (χ2n) is 5.37. The Labute approximate surface area is 117 Å². The smallest absolute Gasteiger partial charge is 0.176 e. The number of hydrogen-bond acceptors (Lipinski definition) is 3. The molecular formula is C16H26N2O. The van der Waals surface area contributed by atoms with Crippen LogP contribution in [-0.4, -0.2) is 55.9 Å². The van der Waals surface area contributed by atoms with Crippen molar-refractivity contribution < 1.29 is 4.79 Å². The van der Waals surface area contributed by atoms with Gasteiger partial charge in [-0.25, -0.2) is 0 Å². The van der Waals surface area contributed by atoms with Gasteiger partial charge >= 0.3 is 0 Å². The van der Waals surface area contributed by atoms with Gasteiger partial charge in [-0.15, -0.1) is 0 Å². The van der Waals surface area contributed by atoms with E-state index in [4.69, 9.17) is 0 Å². The summed E-state index contributed by atoms with van der Waals surface area (Å²) in [7, 11) is 4.12. The van der Waals surface area contributed by atoms with E-state index in [0.717, 1.165) is 37.2 Å². The van der Waals surface area contributed by atoms with Crippen molar-refractivity contribution >= 4 is 5.78 Å². The van der Waals surface area contributed by atoms with Crippen LogP contribution in [0, 0.1) is 6.92 Å². The molecule has 0 saturated carbocycles. The summed E-state index contributed by atoms with van der Waals surface area (Å²) in [6.07, 6.45) is 1.08. The zero-order valence-electron chi connectivity index (χ0n) is 12.6. The average Bonchev–Trinajstić information content (AvgIpc) is 2.36. The summed E-state index contributed by atoms with van der Waals surface area (Å²) in [6.45, 7) is 7.60. The standard InChI is InChI=1S/C16H26N2O/c1-5-9-18(11-10-17(3)4)13-16(19)15-8-6-7-14(2)12-15/h6-8,12H,5,9-11,13H2,1-4H3. The summed E-state index contributed by atoms with van der Waals surface area (Å²) in [5.74, 6) is 0.218. The molecule has 0 heterocycles. The van der Waals surface area contributed by atoms with Crippen LogP contribution in [0.2, 0.25) is 0 Å². The molecule has 0 fully saturated rings. The summed E-state index contributed by atoms with van der Waals surface area (Å²) < 4.78 is 0. The Bertz CT molecular complexity index is 401. The van der Waals surface area contributed by atoms with E-state index in [9.17, 15) is 4.79 Å². The Morgan fingerprint density at radius 2 is 1.89 bits per heavy atom. The predicted octanol–water partition coefficient (Wildman–Crippen LogP) is 2.45. The Morgan fingerprint density at radius 1 is 1.16 bits per heavy atom. The maximum absolute atomic E-state index is 12.3. The lowest BCUT2D eigenvalue weighted by atomic mass is 10.1. The van der Waals surface area contributed by atoms with E-state index < -0.39 is 0 Å². The molecule has 0 atom stereocenters. The molecule has 0 saturated heterocycles. The first kappa shape index (κ1) is 15.9. The summed E-state index contributed by atoms with van der Waals surface area (Å²) in [5.41, 5.74) is 1.96. The third kappa shape index (κ3) is 5.99. The van der Waals surface area contributed by atoms with E-state index >= 15 is 0 Å². The second kappa shape index (κ2) is 8.08. The zero-order valence-corrected chi connectivity index (χ0v) is 12.6. The van der Waals surface area contributed by atoms with Crippen LogP contribution in [-0.2, 0) is 0 Å². The largest absolute Gasteiger partial charge is 0.308 e. The lowest BCUT2D eigenvalue weighted by molar-refractivity contribution is 0.0925. The van der Waals surface area contributed by atoms with Crippen LogP contribution in [0.25, 0.3) is 0 Å². The quantitative estimate of drug-likeness (QED) is 0.672. The van der Waals surface area contributed by atoms with Gasteiger partial charge in [0, 0.05) is 18.7 Å². The molecule has 0 unspecified atom stereocenters. The van der Waals surface area contributed by atoms with Crippen molar-refractivity contribution in [1.82, 2.24) is 9.80 Å². The van der Waals surface area contributed by atoms with Crippen LogP contribution in [0.15, 0.2) is 24.3 Å². The van der Waals surface area contributed by atoms with Gasteiger partial charge in [0.2, 0.25) is 0 Å². The summed E-state index contributed by atoms with van der Waals surface area (Å²) in [6, 6.07) is 7.85. The molecule has 106 valence electrons. The molecule has 0 bridgehead atoms. The zero-order chi connectivity index (χ0) is 14.3. The molecule has 0 N–H and O–H groups in total. The Balaban J connectivity index is 2.60. The van der Waals surface area contributed by atoms with Crippen molar-refractivity contribution in [3.63, 3.8) is 0 Å². The first-order valence-electron chi connectivity index (χ1n) is 7.00. The number of Topliss-reactive ketones (excluding diaryl/α,β-unsaturated/α-hetero) is 1. The van der Waals surface area contributed by atoms with Crippen LogP contribution in [0.3, 0.4) is 0 Å². The minimum atomic E-state index is 0.218. The molecule has 1 rings (SSSR count). The number of likely N-dealkylation sites (N-methyl/N-ethyl adjacent to an activating group) is 1. The number of hydrogen-bond donors (Lipinski definition) is 0. The van der Waals surface area contributed by atoms with Crippen LogP contribution in [0.5, 0.6) is 0 Å². The van der Waals surface area contributed by atoms with E-state index in [2.05, 4.69) is 30.8 Å². The highest BCUT2D eigenvalue weighted by Gasteiger charge is 2.12. The van der Waals surface area contributed by atoms with Gasteiger partial charge in [0.25, 0.3) is 0 Å². The van der Waals surface area contributed by atoms with E-state index in [1.807, 2.05) is 31.2 Å². The molecule has 0 spiro atoms. The van der Waals surface area contributed by atoms with Crippen LogP contribution >= 0.6 is 0 Å². The first-order valence-corrected chi connectivity index (χ1v) is 7.00. The van der Waals surface area contributed by atoms with E-state index in [-0.39, 0.29) is 5.78 Å². The van der Waals surface area contributed by atoms with E-state index in [1.165, 1.54) is 0 Å². The topological polar surface area (TPSA) is 23.6 Å².